The van der Waals surface area contributed by atoms with Crippen molar-refractivity contribution in [1.29, 1.82) is 0 Å². The van der Waals surface area contributed by atoms with Crippen LogP contribution in [0.25, 0.3) is 0 Å². The van der Waals surface area contributed by atoms with E-state index in [9.17, 15) is 14.4 Å². The highest BCUT2D eigenvalue weighted by Gasteiger charge is 2.42. The topological polar surface area (TPSA) is 84.9 Å². The third-order valence-corrected chi connectivity index (χ3v) is 4.95. The highest BCUT2D eigenvalue weighted by atomic mass is 16.5. The molecule has 2 aromatic rings. The molecule has 0 saturated heterocycles. The molecule has 1 heterocycles. The largest absolute Gasteiger partial charge is 0.497 e. The van der Waals surface area contributed by atoms with Gasteiger partial charge in [-0.1, -0.05) is 30.3 Å². The van der Waals surface area contributed by atoms with E-state index in [-0.39, 0.29) is 18.4 Å². The summed E-state index contributed by atoms with van der Waals surface area (Å²) >= 11 is 0. The van der Waals surface area contributed by atoms with E-state index in [1.165, 1.54) is 7.11 Å². The van der Waals surface area contributed by atoms with Crippen LogP contribution < -0.4 is 10.1 Å². The summed E-state index contributed by atoms with van der Waals surface area (Å²) in [7, 11) is 4.51. The zero-order chi connectivity index (χ0) is 20.3. The molecule has 7 nitrogen and oxygen atoms in total. The van der Waals surface area contributed by atoms with Gasteiger partial charge in [0.05, 0.1) is 26.2 Å². The molecule has 1 N–H and O–H groups in total. The molecule has 0 saturated carbocycles. The number of amides is 2. The number of esters is 1. The average Bonchev–Trinajstić information content (AvgIpc) is 2.74. The molecule has 28 heavy (non-hydrogen) atoms. The zero-order valence-corrected chi connectivity index (χ0v) is 16.0. The fourth-order valence-electron chi connectivity index (χ4n) is 3.52. The fourth-order valence-corrected chi connectivity index (χ4v) is 3.52. The highest BCUT2D eigenvalue weighted by molar-refractivity contribution is 6.01. The average molecular weight is 382 g/mol. The van der Waals surface area contributed by atoms with E-state index in [0.717, 1.165) is 5.56 Å². The van der Waals surface area contributed by atoms with E-state index in [4.69, 9.17) is 4.74 Å². The van der Waals surface area contributed by atoms with Crippen molar-refractivity contribution in [3.8, 4) is 5.75 Å². The number of ether oxygens (including phenoxy) is 2. The van der Waals surface area contributed by atoms with Gasteiger partial charge in [-0.15, -0.1) is 0 Å². The number of likely N-dealkylation sites (N-methyl/N-ethyl adjacent to an activating group) is 1. The third kappa shape index (κ3) is 3.55. The lowest BCUT2D eigenvalue weighted by molar-refractivity contribution is -0.141. The van der Waals surface area contributed by atoms with Crippen LogP contribution in [0.5, 0.6) is 5.75 Å². The minimum atomic E-state index is -0.669. The van der Waals surface area contributed by atoms with Crippen molar-refractivity contribution in [2.24, 2.45) is 0 Å². The molecule has 0 fully saturated rings. The Bertz CT molecular complexity index is 894. The molecule has 2 atom stereocenters. The minimum absolute atomic E-state index is 0.159. The number of fused-ring (bicyclic) bond motifs is 1. The third-order valence-electron chi connectivity index (χ3n) is 4.95. The Labute approximate surface area is 163 Å². The van der Waals surface area contributed by atoms with Crippen LogP contribution in [0.15, 0.2) is 48.5 Å². The van der Waals surface area contributed by atoms with Crippen LogP contribution in [0, 0.1) is 0 Å². The van der Waals surface area contributed by atoms with Crippen molar-refractivity contribution >= 4 is 17.8 Å². The van der Waals surface area contributed by atoms with E-state index < -0.39 is 17.9 Å². The number of nitrogens with zero attached hydrogens (tertiary/aromatic N) is 1. The summed E-state index contributed by atoms with van der Waals surface area (Å²) in [5, 5.41) is 2.63. The van der Waals surface area contributed by atoms with Gasteiger partial charge in [-0.25, -0.2) is 0 Å². The second-order valence-electron chi connectivity index (χ2n) is 6.49. The Hall–Kier alpha value is -3.35. The predicted octanol–water partition coefficient (Wildman–Crippen LogP) is 1.89. The molecular formula is C21H22N2O5. The summed E-state index contributed by atoms with van der Waals surface area (Å²) in [6, 6.07) is 13.8. The maximum Gasteiger partial charge on any atom is 0.325 e. The van der Waals surface area contributed by atoms with Gasteiger partial charge >= 0.3 is 5.97 Å². The molecule has 0 aromatic heterocycles. The number of hydrogen-bond donors (Lipinski definition) is 1. The van der Waals surface area contributed by atoms with Gasteiger partial charge in [0, 0.05) is 12.6 Å². The molecule has 3 rings (SSSR count). The van der Waals surface area contributed by atoms with E-state index in [1.807, 2.05) is 12.1 Å². The van der Waals surface area contributed by atoms with Gasteiger partial charge in [-0.3, -0.25) is 14.4 Å². The molecule has 0 aliphatic carbocycles. The fraction of sp³-hybridized carbons (Fsp3) is 0.286. The smallest absolute Gasteiger partial charge is 0.325 e. The monoisotopic (exact) mass is 382 g/mol. The lowest BCUT2D eigenvalue weighted by Crippen LogP contribution is -2.46. The number of nitrogens with one attached hydrogen (secondary N) is 1. The normalized spacial score (nSPS) is 18.2. The van der Waals surface area contributed by atoms with Crippen LogP contribution in [0.4, 0.5) is 0 Å². The van der Waals surface area contributed by atoms with Gasteiger partial charge in [-0.05, 0) is 29.3 Å². The summed E-state index contributed by atoms with van der Waals surface area (Å²) in [5.74, 6) is -1.04. The lowest BCUT2D eigenvalue weighted by Gasteiger charge is -2.39. The van der Waals surface area contributed by atoms with Gasteiger partial charge in [-0.2, -0.15) is 0 Å². The predicted molar refractivity (Wildman–Crippen MR) is 102 cm³/mol. The van der Waals surface area contributed by atoms with E-state index in [0.29, 0.717) is 16.9 Å². The van der Waals surface area contributed by atoms with Crippen molar-refractivity contribution in [1.82, 2.24) is 10.2 Å². The van der Waals surface area contributed by atoms with E-state index >= 15 is 0 Å². The Balaban J connectivity index is 2.04. The first-order valence-electron chi connectivity index (χ1n) is 8.82. The number of methoxy groups -OCH3 is 2. The number of carbonyl (C=O) groups excluding carboxylic acids is 3. The number of benzene rings is 2. The molecule has 0 spiro atoms. The molecule has 2 unspecified atom stereocenters. The van der Waals surface area contributed by atoms with Gasteiger partial charge in [0.25, 0.3) is 5.91 Å². The summed E-state index contributed by atoms with van der Waals surface area (Å²) < 4.78 is 9.80. The molecule has 2 amide bonds. The molecule has 146 valence electrons. The number of carbonyl (C=O) groups is 3. The first kappa shape index (κ1) is 19.4. The first-order valence-corrected chi connectivity index (χ1v) is 8.82. The Morgan fingerprint density at radius 3 is 2.39 bits per heavy atom. The molecule has 7 heteroatoms. The van der Waals surface area contributed by atoms with Crippen molar-refractivity contribution in [3.05, 3.63) is 65.2 Å². The van der Waals surface area contributed by atoms with Crippen molar-refractivity contribution in [2.75, 3.05) is 27.8 Å². The maximum atomic E-state index is 13.1. The summed E-state index contributed by atoms with van der Waals surface area (Å²) in [4.78, 5) is 39.0. The van der Waals surface area contributed by atoms with Crippen LogP contribution in [0.3, 0.4) is 0 Å². The number of hydrogen-bond acceptors (Lipinski definition) is 5. The van der Waals surface area contributed by atoms with E-state index in [2.05, 4.69) is 10.1 Å². The van der Waals surface area contributed by atoms with Crippen LogP contribution in [-0.4, -0.2) is 50.5 Å². The van der Waals surface area contributed by atoms with Gasteiger partial charge < -0.3 is 19.7 Å². The van der Waals surface area contributed by atoms with Gasteiger partial charge in [0.1, 0.15) is 12.3 Å². The van der Waals surface area contributed by atoms with E-state index in [1.54, 1.807) is 55.5 Å². The van der Waals surface area contributed by atoms with Gasteiger partial charge in [0.15, 0.2) is 0 Å². The second kappa shape index (κ2) is 8.12. The second-order valence-corrected chi connectivity index (χ2v) is 6.49. The lowest BCUT2D eigenvalue weighted by atomic mass is 9.79. The molecule has 1 aliphatic rings. The zero-order valence-electron chi connectivity index (χ0n) is 16.0. The molecule has 1 aliphatic heterocycles. The summed E-state index contributed by atoms with van der Waals surface area (Å²) in [6.07, 6.45) is 0. The van der Waals surface area contributed by atoms with Crippen molar-refractivity contribution in [3.63, 3.8) is 0 Å². The minimum Gasteiger partial charge on any atom is -0.497 e. The summed E-state index contributed by atoms with van der Waals surface area (Å²) in [6.45, 7) is -0.235. The van der Waals surface area contributed by atoms with Gasteiger partial charge in [0.2, 0.25) is 5.91 Å². The summed E-state index contributed by atoms with van der Waals surface area (Å²) in [5.41, 5.74) is 1.91. The molecule has 2 aromatic carbocycles. The maximum absolute atomic E-state index is 13.1. The molecule has 0 radical (unpaired) electrons. The standard InChI is InChI=1S/C21H22N2O5/c1-23-19(13-8-10-14(27-2)11-9-13)18(20(25)22-12-17(24)28-3)15-6-4-5-7-16(15)21(23)26/h4-11,18-19H,12H2,1-3H3,(H,22,25). The highest BCUT2D eigenvalue weighted by Crippen LogP contribution is 2.42. The molecule has 0 bridgehead atoms. The Morgan fingerprint density at radius 1 is 1.07 bits per heavy atom. The van der Waals surface area contributed by atoms with Crippen molar-refractivity contribution in [2.45, 2.75) is 12.0 Å². The first-order chi connectivity index (χ1) is 13.5. The molecular weight excluding hydrogens is 360 g/mol. The number of rotatable bonds is 5. The SMILES string of the molecule is COC(=O)CNC(=O)C1c2ccccc2C(=O)N(C)C1c1ccc(OC)cc1. The van der Waals surface area contributed by atoms with Crippen LogP contribution in [0.1, 0.15) is 33.4 Å². The van der Waals surface area contributed by atoms with Crippen molar-refractivity contribution < 1.29 is 23.9 Å². The Morgan fingerprint density at radius 2 is 1.75 bits per heavy atom. The van der Waals surface area contributed by atoms with Crippen LogP contribution in [-0.2, 0) is 14.3 Å². The quantitative estimate of drug-likeness (QED) is 0.799. The van der Waals surface area contributed by atoms with Crippen LogP contribution in [0.2, 0.25) is 0 Å². The Kier molecular flexibility index (Phi) is 5.63. The van der Waals surface area contributed by atoms with Crippen LogP contribution >= 0.6 is 0 Å².